The zero-order valence-corrected chi connectivity index (χ0v) is 18.8. The molecule has 33 heavy (non-hydrogen) atoms. The van der Waals surface area contributed by atoms with Crippen molar-refractivity contribution >= 4 is 23.0 Å². The van der Waals surface area contributed by atoms with Crippen LogP contribution in [0.15, 0.2) is 47.7 Å². The first-order valence-corrected chi connectivity index (χ1v) is 11.6. The Kier molecular flexibility index (Phi) is 4.65. The Morgan fingerprint density at radius 3 is 2.76 bits per heavy atom. The van der Waals surface area contributed by atoms with Crippen LogP contribution in [0.2, 0.25) is 5.02 Å². The number of fused-ring (bicyclic) bond motifs is 1. The molecule has 1 aromatic carbocycles. The minimum atomic E-state index is -0.260. The van der Waals surface area contributed by atoms with E-state index in [1.54, 1.807) is 29.0 Å². The highest BCUT2D eigenvalue weighted by molar-refractivity contribution is 6.30. The average Bonchev–Trinajstić information content (AvgIpc) is 3.72. The molecule has 9 heteroatoms. The summed E-state index contributed by atoms with van der Waals surface area (Å²) in [6, 6.07) is 7.00. The van der Waals surface area contributed by atoms with Crippen molar-refractivity contribution in [3.05, 3.63) is 75.2 Å². The van der Waals surface area contributed by atoms with Gasteiger partial charge in [0.1, 0.15) is 11.3 Å². The van der Waals surface area contributed by atoms with E-state index >= 15 is 0 Å². The molecule has 1 unspecified atom stereocenters. The molecule has 2 aliphatic carbocycles. The topological polar surface area (TPSA) is 97.1 Å². The van der Waals surface area contributed by atoms with Gasteiger partial charge in [0, 0.05) is 41.8 Å². The van der Waals surface area contributed by atoms with E-state index in [0.717, 1.165) is 37.1 Å². The van der Waals surface area contributed by atoms with Gasteiger partial charge in [-0.2, -0.15) is 0 Å². The summed E-state index contributed by atoms with van der Waals surface area (Å²) in [6.07, 6.45) is 9.37. The first-order valence-electron chi connectivity index (χ1n) is 11.2. The third-order valence-electron chi connectivity index (χ3n) is 6.53. The van der Waals surface area contributed by atoms with Gasteiger partial charge in [-0.05, 0) is 49.7 Å². The predicted octanol–water partition coefficient (Wildman–Crippen LogP) is 3.84. The number of aromatic nitrogens is 5. The molecule has 1 atom stereocenters. The second-order valence-electron chi connectivity index (χ2n) is 9.02. The fourth-order valence-electron chi connectivity index (χ4n) is 4.56. The fourth-order valence-corrected chi connectivity index (χ4v) is 4.75. The number of carbonyl (C=O) groups is 1. The molecular formula is C24H23ClN6O2. The Morgan fingerprint density at radius 2 is 2.09 bits per heavy atom. The number of amides is 1. The molecule has 0 spiro atoms. The van der Waals surface area contributed by atoms with Gasteiger partial charge in [0.25, 0.3) is 11.5 Å². The van der Waals surface area contributed by atoms with Crippen molar-refractivity contribution in [1.82, 2.24) is 29.5 Å². The van der Waals surface area contributed by atoms with Crippen molar-refractivity contribution in [2.45, 2.75) is 37.6 Å². The normalized spacial score (nSPS) is 16.8. The van der Waals surface area contributed by atoms with Crippen LogP contribution in [-0.4, -0.2) is 30.1 Å². The number of hydrogen-bond acceptors (Lipinski definition) is 4. The molecule has 0 bridgehead atoms. The van der Waals surface area contributed by atoms with Crippen molar-refractivity contribution in [2.75, 3.05) is 0 Å². The molecule has 3 aromatic heterocycles. The Labute approximate surface area is 194 Å². The Bertz CT molecular complexity index is 1440. The van der Waals surface area contributed by atoms with Crippen LogP contribution in [-0.2, 0) is 7.05 Å². The molecule has 8 nitrogen and oxygen atoms in total. The smallest absolute Gasteiger partial charge is 0.275 e. The van der Waals surface area contributed by atoms with Crippen molar-refractivity contribution in [1.29, 1.82) is 0 Å². The van der Waals surface area contributed by atoms with Gasteiger partial charge in [-0.3, -0.25) is 9.59 Å². The summed E-state index contributed by atoms with van der Waals surface area (Å²) in [5.41, 5.74) is 2.18. The highest BCUT2D eigenvalue weighted by Gasteiger charge is 2.38. The van der Waals surface area contributed by atoms with Crippen LogP contribution < -0.4 is 10.9 Å². The first kappa shape index (κ1) is 20.2. The van der Waals surface area contributed by atoms with Gasteiger partial charge < -0.3 is 14.9 Å². The Morgan fingerprint density at radius 1 is 1.27 bits per heavy atom. The summed E-state index contributed by atoms with van der Waals surface area (Å²) < 4.78 is 3.50. The number of carbonyl (C=O) groups excluding carboxylic acids is 1. The van der Waals surface area contributed by atoms with Gasteiger partial charge in [-0.1, -0.05) is 23.7 Å². The summed E-state index contributed by atoms with van der Waals surface area (Å²) in [5, 5.41) is 8.38. The van der Waals surface area contributed by atoms with Crippen LogP contribution in [0.1, 0.15) is 59.4 Å². The average molecular weight is 463 g/mol. The third-order valence-corrected chi connectivity index (χ3v) is 6.76. The molecule has 0 saturated heterocycles. The minimum Gasteiger partial charge on any atom is -0.342 e. The van der Waals surface area contributed by atoms with Gasteiger partial charge in [-0.25, -0.2) is 9.50 Å². The molecule has 2 fully saturated rings. The van der Waals surface area contributed by atoms with Gasteiger partial charge in [-0.15, -0.1) is 5.10 Å². The van der Waals surface area contributed by atoms with E-state index in [2.05, 4.69) is 20.4 Å². The lowest BCUT2D eigenvalue weighted by Crippen LogP contribution is -2.32. The van der Waals surface area contributed by atoms with Gasteiger partial charge in [0.05, 0.1) is 11.6 Å². The van der Waals surface area contributed by atoms with Crippen molar-refractivity contribution < 1.29 is 4.79 Å². The summed E-state index contributed by atoms with van der Waals surface area (Å²) in [5.74, 6) is 1.65. The number of aromatic amines is 1. The van der Waals surface area contributed by atoms with E-state index in [1.165, 1.54) is 0 Å². The van der Waals surface area contributed by atoms with Crippen molar-refractivity contribution in [3.63, 3.8) is 0 Å². The van der Waals surface area contributed by atoms with Crippen LogP contribution in [0.3, 0.4) is 0 Å². The van der Waals surface area contributed by atoms with Gasteiger partial charge >= 0.3 is 0 Å². The maximum Gasteiger partial charge on any atom is 0.275 e. The van der Waals surface area contributed by atoms with E-state index in [9.17, 15) is 9.59 Å². The second-order valence-corrected chi connectivity index (χ2v) is 9.46. The highest BCUT2D eigenvalue weighted by atomic mass is 35.5. The number of rotatable bonds is 6. The van der Waals surface area contributed by atoms with E-state index < -0.39 is 0 Å². The Hall–Kier alpha value is -3.39. The molecule has 0 aliphatic heterocycles. The number of H-pyrrole nitrogens is 1. The SMILES string of the molecule is Cn1ccnc1C(NC(=O)c1cn2nc(-c3cccc(Cl)c3)[nH]c(=O)c2c1C1CC1)C1CC1. The second kappa shape index (κ2) is 7.59. The molecule has 0 radical (unpaired) electrons. The molecule has 4 aromatic rings. The summed E-state index contributed by atoms with van der Waals surface area (Å²) in [6.45, 7) is 0. The highest BCUT2D eigenvalue weighted by Crippen LogP contribution is 2.44. The lowest BCUT2D eigenvalue weighted by molar-refractivity contribution is 0.0928. The predicted molar refractivity (Wildman–Crippen MR) is 124 cm³/mol. The third kappa shape index (κ3) is 3.64. The number of nitrogens with zero attached hydrogens (tertiary/aromatic N) is 4. The van der Waals surface area contributed by atoms with Gasteiger partial charge in [0.15, 0.2) is 5.82 Å². The number of nitrogens with one attached hydrogen (secondary N) is 2. The molecule has 2 aliphatic rings. The van der Waals surface area contributed by atoms with Crippen LogP contribution in [0.25, 0.3) is 16.9 Å². The number of imidazole rings is 1. The van der Waals surface area contributed by atoms with E-state index in [-0.39, 0.29) is 23.4 Å². The number of hydrogen-bond donors (Lipinski definition) is 2. The first-order chi connectivity index (χ1) is 16.0. The molecule has 3 heterocycles. The Balaban J connectivity index is 1.42. The summed E-state index contributed by atoms with van der Waals surface area (Å²) >= 11 is 6.12. The molecule has 6 rings (SSSR count). The van der Waals surface area contributed by atoms with Gasteiger partial charge in [0.2, 0.25) is 0 Å². The minimum absolute atomic E-state index is 0.152. The zero-order chi connectivity index (χ0) is 22.7. The molecule has 1 amide bonds. The lowest BCUT2D eigenvalue weighted by Gasteiger charge is -2.18. The summed E-state index contributed by atoms with van der Waals surface area (Å²) in [7, 11) is 1.94. The monoisotopic (exact) mass is 462 g/mol. The molecule has 168 valence electrons. The molecular weight excluding hydrogens is 440 g/mol. The van der Waals surface area contributed by atoms with Crippen molar-refractivity contribution in [3.8, 4) is 11.4 Å². The quantitative estimate of drug-likeness (QED) is 0.455. The zero-order valence-electron chi connectivity index (χ0n) is 18.1. The standard InChI is InChI=1S/C24H23ClN6O2/c1-30-10-9-26-22(30)19(14-7-8-14)27-23(32)17-12-31-20(18(17)13-5-6-13)24(33)28-21(29-31)15-3-2-4-16(25)11-15/h2-4,9-14,19H,5-8H2,1H3,(H,27,32)(H,28,29,33). The van der Waals surface area contributed by atoms with E-state index in [1.807, 2.05) is 29.9 Å². The van der Waals surface area contributed by atoms with Crippen LogP contribution in [0.5, 0.6) is 0 Å². The molecule has 2 N–H and O–H groups in total. The van der Waals surface area contributed by atoms with Crippen molar-refractivity contribution in [2.24, 2.45) is 13.0 Å². The van der Waals surface area contributed by atoms with Crippen LogP contribution >= 0.6 is 11.6 Å². The number of benzene rings is 1. The maximum absolute atomic E-state index is 13.5. The van der Waals surface area contributed by atoms with E-state index in [0.29, 0.717) is 33.4 Å². The maximum atomic E-state index is 13.5. The van der Waals surface area contributed by atoms with E-state index in [4.69, 9.17) is 11.6 Å². The number of halogens is 1. The fraction of sp³-hybridized carbons (Fsp3) is 0.333. The van der Waals surface area contributed by atoms with Crippen LogP contribution in [0, 0.1) is 5.92 Å². The largest absolute Gasteiger partial charge is 0.342 e. The lowest BCUT2D eigenvalue weighted by atomic mass is 10.1. The molecule has 2 saturated carbocycles. The number of aryl methyl sites for hydroxylation is 1. The summed E-state index contributed by atoms with van der Waals surface area (Å²) in [4.78, 5) is 34.0. The van der Waals surface area contributed by atoms with Crippen LogP contribution in [0.4, 0.5) is 0 Å².